The average Bonchev–Trinajstić information content (AvgIpc) is 2.41. The molecule has 0 aromatic heterocycles. The molecule has 0 saturated carbocycles. The molecule has 2 heterocycles. The lowest BCUT2D eigenvalue weighted by molar-refractivity contribution is -0.215. The fraction of sp³-hybridized carbons (Fsp3) is 0.900. The first kappa shape index (κ1) is 9.93. The van der Waals surface area contributed by atoms with Crippen LogP contribution in [0.3, 0.4) is 0 Å². The van der Waals surface area contributed by atoms with Gasteiger partial charge in [0.05, 0.1) is 12.1 Å². The summed E-state index contributed by atoms with van der Waals surface area (Å²) in [6.45, 7) is 3.88. The molecule has 2 rings (SSSR count). The molecule has 0 N–H and O–H groups in total. The van der Waals surface area contributed by atoms with E-state index in [9.17, 15) is 4.79 Å². The van der Waals surface area contributed by atoms with Gasteiger partial charge in [-0.05, 0) is 19.9 Å². The highest BCUT2D eigenvalue weighted by atomic mass is 16.7. The Labute approximate surface area is 84.8 Å². The second-order valence-corrected chi connectivity index (χ2v) is 4.28. The van der Waals surface area contributed by atoms with E-state index in [1.54, 1.807) is 0 Å². The number of carbonyl (C=O) groups is 1. The molecule has 14 heavy (non-hydrogen) atoms. The number of hydrogen-bond donors (Lipinski definition) is 0. The number of fused-ring (bicyclic) bond motifs is 2. The fourth-order valence-electron chi connectivity index (χ4n) is 2.41. The predicted molar refractivity (Wildman–Crippen MR) is 52.5 cm³/mol. The third-order valence-corrected chi connectivity index (χ3v) is 3.09. The van der Waals surface area contributed by atoms with Gasteiger partial charge in [-0.1, -0.05) is 6.92 Å². The summed E-state index contributed by atoms with van der Waals surface area (Å²) in [4.78, 5) is 18.9. The second kappa shape index (κ2) is 3.87. The summed E-state index contributed by atoms with van der Waals surface area (Å²) >= 11 is 0. The lowest BCUT2D eigenvalue weighted by atomic mass is 10.2. The summed E-state index contributed by atoms with van der Waals surface area (Å²) in [7, 11) is 2.13. The molecule has 4 heteroatoms. The summed E-state index contributed by atoms with van der Waals surface area (Å²) in [5, 5.41) is 1.94. The largest absolute Gasteiger partial charge is 0.367 e. The smallest absolute Gasteiger partial charge is 0.324 e. The first-order valence-corrected chi connectivity index (χ1v) is 5.38. The Bertz CT molecular complexity index is 218. The molecular formula is C10H18N2O2. The van der Waals surface area contributed by atoms with Crippen LogP contribution in [-0.2, 0) is 9.63 Å². The summed E-state index contributed by atoms with van der Waals surface area (Å²) in [5.74, 6) is -0.105. The normalized spacial score (nSPS) is 33.3. The lowest BCUT2D eigenvalue weighted by Crippen LogP contribution is -2.52. The standard InChI is InChI=1S/C10H18N2O2/c1-3-10(13)14-12-8-4-5-9(12)7-11(2)6-8/h8-9H,3-7H2,1-2H3. The van der Waals surface area contributed by atoms with Gasteiger partial charge < -0.3 is 9.74 Å². The molecule has 2 saturated heterocycles. The van der Waals surface area contributed by atoms with Gasteiger partial charge in [0, 0.05) is 19.5 Å². The van der Waals surface area contributed by atoms with Crippen molar-refractivity contribution in [1.82, 2.24) is 9.96 Å². The summed E-state index contributed by atoms with van der Waals surface area (Å²) in [6, 6.07) is 0.850. The SMILES string of the molecule is CCC(=O)ON1C2CCC1CN(C)C2. The number of hydrogen-bond acceptors (Lipinski definition) is 4. The van der Waals surface area contributed by atoms with Crippen LogP contribution >= 0.6 is 0 Å². The van der Waals surface area contributed by atoms with Crippen molar-refractivity contribution in [3.8, 4) is 0 Å². The van der Waals surface area contributed by atoms with Gasteiger partial charge in [-0.25, -0.2) is 0 Å². The first-order chi connectivity index (χ1) is 6.70. The van der Waals surface area contributed by atoms with Crippen LogP contribution in [0.5, 0.6) is 0 Å². The zero-order chi connectivity index (χ0) is 10.1. The van der Waals surface area contributed by atoms with Gasteiger partial charge in [-0.3, -0.25) is 4.79 Å². The minimum Gasteiger partial charge on any atom is -0.367 e. The highest BCUT2D eigenvalue weighted by Gasteiger charge is 2.41. The van der Waals surface area contributed by atoms with Crippen LogP contribution in [0.2, 0.25) is 0 Å². The predicted octanol–water partition coefficient (Wildman–Crippen LogP) is 0.633. The molecule has 2 aliphatic rings. The third-order valence-electron chi connectivity index (χ3n) is 3.09. The van der Waals surface area contributed by atoms with Gasteiger partial charge in [-0.2, -0.15) is 0 Å². The Morgan fingerprint density at radius 2 is 1.93 bits per heavy atom. The van der Waals surface area contributed by atoms with Crippen molar-refractivity contribution in [1.29, 1.82) is 0 Å². The van der Waals surface area contributed by atoms with E-state index >= 15 is 0 Å². The summed E-state index contributed by atoms with van der Waals surface area (Å²) < 4.78 is 0. The van der Waals surface area contributed by atoms with E-state index in [-0.39, 0.29) is 5.97 Å². The van der Waals surface area contributed by atoms with Crippen LogP contribution < -0.4 is 0 Å². The minimum absolute atomic E-state index is 0.105. The monoisotopic (exact) mass is 198 g/mol. The van der Waals surface area contributed by atoms with Gasteiger partial charge in [0.1, 0.15) is 0 Å². The average molecular weight is 198 g/mol. The van der Waals surface area contributed by atoms with E-state index in [0.29, 0.717) is 18.5 Å². The van der Waals surface area contributed by atoms with Gasteiger partial charge in [0.2, 0.25) is 0 Å². The Hall–Kier alpha value is -0.610. The summed E-state index contributed by atoms with van der Waals surface area (Å²) in [5.41, 5.74) is 0. The van der Waals surface area contributed by atoms with Crippen LogP contribution in [0.4, 0.5) is 0 Å². The van der Waals surface area contributed by atoms with E-state index in [1.807, 2.05) is 12.0 Å². The van der Waals surface area contributed by atoms with E-state index in [0.717, 1.165) is 25.9 Å². The van der Waals surface area contributed by atoms with Gasteiger partial charge >= 0.3 is 5.97 Å². The van der Waals surface area contributed by atoms with Gasteiger partial charge in [-0.15, -0.1) is 5.06 Å². The van der Waals surface area contributed by atoms with Crippen LogP contribution in [0.25, 0.3) is 0 Å². The maximum atomic E-state index is 11.2. The molecule has 2 aliphatic heterocycles. The van der Waals surface area contributed by atoms with E-state index < -0.39 is 0 Å². The van der Waals surface area contributed by atoms with Crippen LogP contribution in [0, 0.1) is 0 Å². The third kappa shape index (κ3) is 1.77. The van der Waals surface area contributed by atoms with Crippen molar-refractivity contribution < 1.29 is 9.63 Å². The number of nitrogens with zero attached hydrogens (tertiary/aromatic N) is 2. The Morgan fingerprint density at radius 1 is 1.36 bits per heavy atom. The molecule has 0 spiro atoms. The number of likely N-dealkylation sites (tertiary alicyclic amines) is 1. The number of hydroxylamine groups is 2. The van der Waals surface area contributed by atoms with Crippen LogP contribution in [0.1, 0.15) is 26.2 Å². The molecule has 2 bridgehead atoms. The number of rotatable bonds is 2. The molecule has 80 valence electrons. The van der Waals surface area contributed by atoms with E-state index in [4.69, 9.17) is 4.84 Å². The number of likely N-dealkylation sites (N-methyl/N-ethyl adjacent to an activating group) is 1. The van der Waals surface area contributed by atoms with Crippen molar-refractivity contribution in [3.05, 3.63) is 0 Å². The Kier molecular flexibility index (Phi) is 2.74. The highest BCUT2D eigenvalue weighted by Crippen LogP contribution is 2.29. The second-order valence-electron chi connectivity index (χ2n) is 4.28. The van der Waals surface area contributed by atoms with E-state index in [2.05, 4.69) is 11.9 Å². The zero-order valence-electron chi connectivity index (χ0n) is 8.90. The van der Waals surface area contributed by atoms with Gasteiger partial charge in [0.25, 0.3) is 0 Å². The molecule has 0 amide bonds. The van der Waals surface area contributed by atoms with Crippen LogP contribution in [0.15, 0.2) is 0 Å². The molecule has 0 aliphatic carbocycles. The maximum absolute atomic E-state index is 11.2. The highest BCUT2D eigenvalue weighted by molar-refractivity contribution is 5.68. The molecular weight excluding hydrogens is 180 g/mol. The molecule has 2 atom stereocenters. The van der Waals surface area contributed by atoms with E-state index in [1.165, 1.54) is 0 Å². The quantitative estimate of drug-likeness (QED) is 0.651. The lowest BCUT2D eigenvalue weighted by Gasteiger charge is -2.37. The molecule has 4 nitrogen and oxygen atoms in total. The van der Waals surface area contributed by atoms with Crippen LogP contribution in [-0.4, -0.2) is 48.2 Å². The Balaban J connectivity index is 1.97. The molecule has 0 radical (unpaired) electrons. The Morgan fingerprint density at radius 3 is 2.43 bits per heavy atom. The fourth-order valence-corrected chi connectivity index (χ4v) is 2.41. The molecule has 0 aromatic rings. The topological polar surface area (TPSA) is 32.8 Å². The minimum atomic E-state index is -0.105. The van der Waals surface area contributed by atoms with Crippen molar-refractivity contribution in [2.24, 2.45) is 0 Å². The molecule has 2 unspecified atom stereocenters. The van der Waals surface area contributed by atoms with Crippen molar-refractivity contribution >= 4 is 5.97 Å². The van der Waals surface area contributed by atoms with Crippen molar-refractivity contribution in [2.45, 2.75) is 38.3 Å². The summed E-state index contributed by atoms with van der Waals surface area (Å²) in [6.07, 6.45) is 2.78. The van der Waals surface area contributed by atoms with Crippen molar-refractivity contribution in [2.75, 3.05) is 20.1 Å². The first-order valence-electron chi connectivity index (χ1n) is 5.38. The number of piperazine rings is 1. The zero-order valence-corrected chi connectivity index (χ0v) is 8.90. The van der Waals surface area contributed by atoms with Gasteiger partial charge in [0.15, 0.2) is 0 Å². The maximum Gasteiger partial charge on any atom is 0.324 e. The molecule has 0 aromatic carbocycles. The van der Waals surface area contributed by atoms with Crippen molar-refractivity contribution in [3.63, 3.8) is 0 Å². The number of carbonyl (C=O) groups excluding carboxylic acids is 1. The molecule has 2 fully saturated rings.